The highest BCUT2D eigenvalue weighted by Gasteiger charge is 2.16. The highest BCUT2D eigenvalue weighted by molar-refractivity contribution is 7.96. The van der Waals surface area contributed by atoms with E-state index in [-0.39, 0.29) is 0 Å². The molecular weight excluding hydrogens is 170 g/mol. The highest BCUT2D eigenvalue weighted by atomic mass is 32.2. The standard InChI is InChI=1S/C7H7NOS.C2H6/c1-8-6-4-2-3-5-7(6)9-10-8;1-2/h2-5H,1H3;1-2H3. The molecule has 0 saturated carbocycles. The summed E-state index contributed by atoms with van der Waals surface area (Å²) in [6.07, 6.45) is 0. The number of hydrogen-bond acceptors (Lipinski definition) is 3. The maximum absolute atomic E-state index is 5.25. The minimum absolute atomic E-state index is 0.954. The van der Waals surface area contributed by atoms with E-state index >= 15 is 0 Å². The third-order valence-corrected chi connectivity index (χ3v) is 2.12. The van der Waals surface area contributed by atoms with Crippen LogP contribution in [0.15, 0.2) is 24.3 Å². The van der Waals surface area contributed by atoms with Gasteiger partial charge in [0.25, 0.3) is 0 Å². The van der Waals surface area contributed by atoms with Crippen molar-refractivity contribution >= 4 is 17.9 Å². The molecule has 0 atom stereocenters. The molecule has 0 bridgehead atoms. The van der Waals surface area contributed by atoms with E-state index < -0.39 is 0 Å². The van der Waals surface area contributed by atoms with E-state index in [1.807, 2.05) is 49.5 Å². The van der Waals surface area contributed by atoms with Crippen LogP contribution in [-0.4, -0.2) is 7.05 Å². The molecule has 0 N–H and O–H groups in total. The second-order valence-corrected chi connectivity index (χ2v) is 2.99. The van der Waals surface area contributed by atoms with Gasteiger partial charge in [0.05, 0.1) is 5.69 Å². The number of anilines is 1. The number of hydrogen-bond donors (Lipinski definition) is 0. The first kappa shape index (κ1) is 9.26. The normalized spacial score (nSPS) is 12.8. The molecule has 1 aromatic rings. The Morgan fingerprint density at radius 1 is 1.25 bits per heavy atom. The summed E-state index contributed by atoms with van der Waals surface area (Å²) in [6.45, 7) is 4.00. The fourth-order valence-electron chi connectivity index (χ4n) is 0.924. The highest BCUT2D eigenvalue weighted by Crippen LogP contribution is 2.39. The van der Waals surface area contributed by atoms with Gasteiger partial charge in [-0.1, -0.05) is 26.0 Å². The van der Waals surface area contributed by atoms with E-state index in [1.165, 1.54) is 12.2 Å². The molecule has 1 aromatic carbocycles. The Morgan fingerprint density at radius 2 is 1.92 bits per heavy atom. The summed E-state index contributed by atoms with van der Waals surface area (Å²) in [5.74, 6) is 0.954. The van der Waals surface area contributed by atoms with Crippen molar-refractivity contribution in [3.8, 4) is 5.75 Å². The van der Waals surface area contributed by atoms with Gasteiger partial charge < -0.3 is 4.18 Å². The summed E-state index contributed by atoms with van der Waals surface area (Å²) < 4.78 is 7.25. The minimum Gasteiger partial charge on any atom is -0.403 e. The molecule has 0 amide bonds. The lowest BCUT2D eigenvalue weighted by Gasteiger charge is -2.02. The van der Waals surface area contributed by atoms with Crippen molar-refractivity contribution in [2.75, 3.05) is 11.4 Å². The van der Waals surface area contributed by atoms with Crippen LogP contribution in [0.3, 0.4) is 0 Å². The summed E-state index contributed by atoms with van der Waals surface area (Å²) >= 11 is 1.36. The van der Waals surface area contributed by atoms with Crippen LogP contribution in [0.25, 0.3) is 0 Å². The average molecular weight is 183 g/mol. The number of benzene rings is 1. The van der Waals surface area contributed by atoms with Gasteiger partial charge in [0.2, 0.25) is 0 Å². The van der Waals surface area contributed by atoms with Crippen LogP contribution >= 0.6 is 12.2 Å². The second-order valence-electron chi connectivity index (χ2n) is 2.12. The molecule has 66 valence electrons. The molecular formula is C9H13NOS. The molecule has 0 fully saturated rings. The molecule has 0 aliphatic carbocycles. The van der Waals surface area contributed by atoms with Crippen LogP contribution in [-0.2, 0) is 0 Å². The summed E-state index contributed by atoms with van der Waals surface area (Å²) in [6, 6.07) is 7.98. The minimum atomic E-state index is 0.954. The molecule has 1 aliphatic heterocycles. The largest absolute Gasteiger partial charge is 0.403 e. The Kier molecular flexibility index (Phi) is 3.29. The van der Waals surface area contributed by atoms with E-state index in [2.05, 4.69) is 0 Å². The van der Waals surface area contributed by atoms with Gasteiger partial charge in [-0.15, -0.1) is 0 Å². The van der Waals surface area contributed by atoms with Gasteiger partial charge in [0.1, 0.15) is 0 Å². The van der Waals surface area contributed by atoms with Gasteiger partial charge in [0, 0.05) is 7.05 Å². The average Bonchev–Trinajstić information content (AvgIpc) is 2.53. The Labute approximate surface area is 77.9 Å². The summed E-state index contributed by atoms with van der Waals surface area (Å²) in [5, 5.41) is 0. The zero-order valence-electron chi connectivity index (χ0n) is 7.57. The van der Waals surface area contributed by atoms with Crippen molar-refractivity contribution in [3.05, 3.63) is 24.3 Å². The van der Waals surface area contributed by atoms with Gasteiger partial charge in [-0.2, -0.15) is 0 Å². The van der Waals surface area contributed by atoms with Crippen LogP contribution in [0, 0.1) is 0 Å². The SMILES string of the molecule is CC.CN1SOc2ccccc21. The van der Waals surface area contributed by atoms with Crippen LogP contribution in [0.4, 0.5) is 5.69 Å². The molecule has 0 saturated heterocycles. The van der Waals surface area contributed by atoms with Crippen molar-refractivity contribution in [1.29, 1.82) is 0 Å². The van der Waals surface area contributed by atoms with E-state index in [9.17, 15) is 0 Å². The zero-order valence-corrected chi connectivity index (χ0v) is 8.39. The van der Waals surface area contributed by atoms with E-state index in [4.69, 9.17) is 4.18 Å². The molecule has 3 heteroatoms. The van der Waals surface area contributed by atoms with Crippen LogP contribution in [0.1, 0.15) is 13.8 Å². The monoisotopic (exact) mass is 183 g/mol. The van der Waals surface area contributed by atoms with Crippen molar-refractivity contribution in [2.24, 2.45) is 0 Å². The summed E-state index contributed by atoms with van der Waals surface area (Å²) in [5.41, 5.74) is 1.15. The molecule has 0 spiro atoms. The lowest BCUT2D eigenvalue weighted by atomic mass is 10.3. The molecule has 0 aromatic heterocycles. The maximum Gasteiger partial charge on any atom is 0.179 e. The lowest BCUT2D eigenvalue weighted by Crippen LogP contribution is -1.99. The second kappa shape index (κ2) is 4.26. The molecule has 1 aliphatic rings. The Balaban J connectivity index is 0.000000336. The van der Waals surface area contributed by atoms with Gasteiger partial charge >= 0.3 is 0 Å². The Morgan fingerprint density at radius 3 is 2.58 bits per heavy atom. The predicted octanol–water partition coefficient (Wildman–Crippen LogP) is 3.10. The maximum atomic E-state index is 5.25. The smallest absolute Gasteiger partial charge is 0.179 e. The zero-order chi connectivity index (χ0) is 8.97. The first-order valence-electron chi connectivity index (χ1n) is 4.05. The fraction of sp³-hybridized carbons (Fsp3) is 0.333. The molecule has 1 heterocycles. The van der Waals surface area contributed by atoms with E-state index in [0.29, 0.717) is 0 Å². The quantitative estimate of drug-likeness (QED) is 0.453. The van der Waals surface area contributed by atoms with Gasteiger partial charge in [-0.05, 0) is 12.1 Å². The lowest BCUT2D eigenvalue weighted by molar-refractivity contribution is 0.665. The van der Waals surface area contributed by atoms with Crippen molar-refractivity contribution in [2.45, 2.75) is 13.8 Å². The number of para-hydroxylation sites is 2. The van der Waals surface area contributed by atoms with Gasteiger partial charge in [-0.3, -0.25) is 4.31 Å². The van der Waals surface area contributed by atoms with Gasteiger partial charge in [0.15, 0.2) is 18.0 Å². The molecule has 0 unspecified atom stereocenters. The van der Waals surface area contributed by atoms with Crippen molar-refractivity contribution in [3.63, 3.8) is 0 Å². The fourth-order valence-corrected chi connectivity index (χ4v) is 1.49. The molecule has 2 rings (SSSR count). The first-order chi connectivity index (χ1) is 5.88. The first-order valence-corrected chi connectivity index (χ1v) is 4.75. The number of rotatable bonds is 0. The topological polar surface area (TPSA) is 12.5 Å². The van der Waals surface area contributed by atoms with Gasteiger partial charge in [-0.25, -0.2) is 0 Å². The van der Waals surface area contributed by atoms with Crippen LogP contribution in [0.5, 0.6) is 5.75 Å². The summed E-state index contributed by atoms with van der Waals surface area (Å²) in [7, 11) is 1.98. The molecule has 12 heavy (non-hydrogen) atoms. The number of fused-ring (bicyclic) bond motifs is 1. The van der Waals surface area contributed by atoms with Crippen LogP contribution in [0.2, 0.25) is 0 Å². The molecule has 0 radical (unpaired) electrons. The molecule has 2 nitrogen and oxygen atoms in total. The number of nitrogens with zero attached hydrogens (tertiary/aromatic N) is 1. The van der Waals surface area contributed by atoms with Crippen LogP contribution < -0.4 is 8.49 Å². The predicted molar refractivity (Wildman–Crippen MR) is 54.4 cm³/mol. The van der Waals surface area contributed by atoms with E-state index in [1.54, 1.807) is 0 Å². The summed E-state index contributed by atoms with van der Waals surface area (Å²) in [4.78, 5) is 0. The third-order valence-electron chi connectivity index (χ3n) is 1.44. The Hall–Kier alpha value is -0.830. The van der Waals surface area contributed by atoms with Crippen molar-refractivity contribution in [1.82, 2.24) is 0 Å². The van der Waals surface area contributed by atoms with E-state index in [0.717, 1.165) is 11.4 Å². The van der Waals surface area contributed by atoms with Crippen molar-refractivity contribution < 1.29 is 4.18 Å². The Bertz CT molecular complexity index is 252. The third kappa shape index (κ3) is 1.67.